The van der Waals surface area contributed by atoms with Crippen molar-refractivity contribution in [2.24, 2.45) is 4.99 Å². The highest BCUT2D eigenvalue weighted by atomic mass is 16.5. The lowest BCUT2D eigenvalue weighted by Crippen LogP contribution is -2.45. The lowest BCUT2D eigenvalue weighted by molar-refractivity contribution is 0.212. The molecule has 32 heavy (non-hydrogen) atoms. The molecule has 2 aromatic rings. The second-order valence-corrected chi connectivity index (χ2v) is 8.50. The summed E-state index contributed by atoms with van der Waals surface area (Å²) in [6, 6.07) is 14.9. The minimum atomic E-state index is 0.454. The van der Waals surface area contributed by atoms with Crippen LogP contribution in [0.3, 0.4) is 0 Å². The van der Waals surface area contributed by atoms with Gasteiger partial charge in [0.25, 0.3) is 0 Å². The van der Waals surface area contributed by atoms with E-state index >= 15 is 0 Å². The van der Waals surface area contributed by atoms with Crippen LogP contribution >= 0.6 is 0 Å². The van der Waals surface area contributed by atoms with E-state index in [-0.39, 0.29) is 0 Å². The van der Waals surface area contributed by atoms with Gasteiger partial charge in [-0.25, -0.2) is 4.98 Å². The molecular formula is C25H35N5O2. The summed E-state index contributed by atoms with van der Waals surface area (Å²) in [6.45, 7) is 3.92. The molecule has 1 aliphatic heterocycles. The Hall–Kier alpha value is -2.80. The molecule has 0 radical (unpaired) electrons. The van der Waals surface area contributed by atoms with Gasteiger partial charge in [0.05, 0.1) is 0 Å². The molecule has 7 heteroatoms. The van der Waals surface area contributed by atoms with E-state index in [4.69, 9.17) is 9.47 Å². The number of nitrogens with one attached hydrogen (secondary N) is 2. The Morgan fingerprint density at radius 1 is 1.06 bits per heavy atom. The van der Waals surface area contributed by atoms with Gasteiger partial charge in [0.15, 0.2) is 5.96 Å². The van der Waals surface area contributed by atoms with Crippen LogP contribution in [-0.2, 0) is 6.54 Å². The molecule has 0 bridgehead atoms. The molecule has 2 aliphatic rings. The fraction of sp³-hybridized carbons (Fsp3) is 0.520. The van der Waals surface area contributed by atoms with E-state index in [1.807, 2.05) is 55.7 Å². The number of rotatable bonds is 9. The monoisotopic (exact) mass is 437 g/mol. The van der Waals surface area contributed by atoms with Gasteiger partial charge in [-0.15, -0.1) is 0 Å². The largest absolute Gasteiger partial charge is 0.490 e. The van der Waals surface area contributed by atoms with Crippen molar-refractivity contribution in [2.45, 2.75) is 50.7 Å². The van der Waals surface area contributed by atoms with Gasteiger partial charge < -0.3 is 20.1 Å². The highest BCUT2D eigenvalue weighted by Gasteiger charge is 2.30. The van der Waals surface area contributed by atoms with Gasteiger partial charge in [-0.05, 0) is 37.0 Å². The second-order valence-electron chi connectivity index (χ2n) is 8.50. The number of guanidine groups is 1. The summed E-state index contributed by atoms with van der Waals surface area (Å²) < 4.78 is 11.3. The molecule has 1 saturated carbocycles. The third kappa shape index (κ3) is 6.60. The highest BCUT2D eigenvalue weighted by molar-refractivity contribution is 5.80. The van der Waals surface area contributed by atoms with Crippen LogP contribution < -0.4 is 20.1 Å². The van der Waals surface area contributed by atoms with Gasteiger partial charge in [0.2, 0.25) is 5.88 Å². The Labute approximate surface area is 191 Å². The standard InChI is InChI=1S/C25H35N5O2/c1-26-25(29-21-13-14-30(19-21)22-7-5-6-8-22)28-18-20-11-12-24(27-17-20)32-16-15-31-23-9-3-2-4-10-23/h2-4,9-12,17,21-22H,5-8,13-16,18-19H2,1H3,(H2,26,28,29). The zero-order valence-corrected chi connectivity index (χ0v) is 19.0. The number of aliphatic imine (C=N–C) groups is 1. The number of likely N-dealkylation sites (tertiary alicyclic amines) is 1. The Bertz CT molecular complexity index is 837. The van der Waals surface area contributed by atoms with Crippen molar-refractivity contribution in [3.8, 4) is 11.6 Å². The summed E-state index contributed by atoms with van der Waals surface area (Å²) in [5.41, 5.74) is 1.08. The van der Waals surface area contributed by atoms with Gasteiger partial charge in [-0.2, -0.15) is 0 Å². The van der Waals surface area contributed by atoms with Crippen LogP contribution in [-0.4, -0.2) is 61.3 Å². The number of hydrogen-bond acceptors (Lipinski definition) is 5. The van der Waals surface area contributed by atoms with Crippen LogP contribution in [0.1, 0.15) is 37.7 Å². The summed E-state index contributed by atoms with van der Waals surface area (Å²) >= 11 is 0. The molecule has 2 N–H and O–H groups in total. The molecule has 1 saturated heterocycles. The van der Waals surface area contributed by atoms with Crippen LogP contribution in [0, 0.1) is 0 Å². The van der Waals surface area contributed by atoms with Crippen molar-refractivity contribution in [2.75, 3.05) is 33.4 Å². The minimum Gasteiger partial charge on any atom is -0.490 e. The second kappa shape index (κ2) is 11.7. The molecule has 7 nitrogen and oxygen atoms in total. The van der Waals surface area contributed by atoms with Crippen LogP contribution in [0.2, 0.25) is 0 Å². The molecule has 1 aliphatic carbocycles. The van der Waals surface area contributed by atoms with Crippen molar-refractivity contribution in [1.29, 1.82) is 0 Å². The lowest BCUT2D eigenvalue weighted by Gasteiger charge is -2.24. The van der Waals surface area contributed by atoms with Crippen molar-refractivity contribution in [3.63, 3.8) is 0 Å². The molecule has 1 aromatic heterocycles. The number of aromatic nitrogens is 1. The number of para-hydroxylation sites is 1. The molecule has 0 spiro atoms. The number of nitrogens with zero attached hydrogens (tertiary/aromatic N) is 3. The Balaban J connectivity index is 1.14. The fourth-order valence-electron chi connectivity index (χ4n) is 4.50. The van der Waals surface area contributed by atoms with Gasteiger partial charge >= 0.3 is 0 Å². The van der Waals surface area contributed by atoms with E-state index in [9.17, 15) is 0 Å². The Kier molecular flexibility index (Phi) is 8.20. The lowest BCUT2D eigenvalue weighted by atomic mass is 10.2. The molecular weight excluding hydrogens is 402 g/mol. The zero-order chi connectivity index (χ0) is 22.0. The Morgan fingerprint density at radius 3 is 2.62 bits per heavy atom. The normalized spacial score (nSPS) is 19.8. The summed E-state index contributed by atoms with van der Waals surface area (Å²) in [7, 11) is 1.83. The molecule has 2 heterocycles. The van der Waals surface area contributed by atoms with Crippen molar-refractivity contribution in [1.82, 2.24) is 20.5 Å². The number of ether oxygens (including phenoxy) is 2. The first kappa shape index (κ1) is 22.4. The van der Waals surface area contributed by atoms with Crippen LogP contribution in [0.25, 0.3) is 0 Å². The number of hydrogen-bond donors (Lipinski definition) is 2. The summed E-state index contributed by atoms with van der Waals surface area (Å²) in [5, 5.41) is 6.99. The SMILES string of the molecule is CN=C(NCc1ccc(OCCOc2ccccc2)nc1)NC1CCN(C2CCCC2)C1. The first-order chi connectivity index (χ1) is 15.8. The average Bonchev–Trinajstić information content (AvgIpc) is 3.53. The van der Waals surface area contributed by atoms with Crippen LogP contribution in [0.5, 0.6) is 11.6 Å². The third-order valence-electron chi connectivity index (χ3n) is 6.23. The van der Waals surface area contributed by atoms with Crippen LogP contribution in [0.4, 0.5) is 0 Å². The summed E-state index contributed by atoms with van der Waals surface area (Å²) in [6.07, 6.45) is 8.53. The molecule has 0 amide bonds. The first-order valence-corrected chi connectivity index (χ1v) is 11.8. The van der Waals surface area contributed by atoms with E-state index in [1.165, 1.54) is 38.6 Å². The molecule has 2 fully saturated rings. The van der Waals surface area contributed by atoms with Gasteiger partial charge in [0, 0.05) is 51.0 Å². The summed E-state index contributed by atoms with van der Waals surface area (Å²) in [5.74, 6) is 2.30. The topological polar surface area (TPSA) is 71.0 Å². The smallest absolute Gasteiger partial charge is 0.213 e. The molecule has 172 valence electrons. The van der Waals surface area contributed by atoms with E-state index in [1.54, 1.807) is 0 Å². The van der Waals surface area contributed by atoms with Gasteiger partial charge in [-0.1, -0.05) is 37.1 Å². The zero-order valence-electron chi connectivity index (χ0n) is 19.0. The van der Waals surface area contributed by atoms with E-state index in [0.717, 1.165) is 29.9 Å². The summed E-state index contributed by atoms with van der Waals surface area (Å²) in [4.78, 5) is 11.5. The predicted octanol–water partition coefficient (Wildman–Crippen LogP) is 3.22. The van der Waals surface area contributed by atoms with Crippen molar-refractivity contribution < 1.29 is 9.47 Å². The average molecular weight is 438 g/mol. The first-order valence-electron chi connectivity index (χ1n) is 11.8. The number of benzene rings is 1. The molecule has 4 rings (SSSR count). The van der Waals surface area contributed by atoms with Crippen LogP contribution in [0.15, 0.2) is 53.7 Å². The molecule has 1 unspecified atom stereocenters. The maximum Gasteiger partial charge on any atom is 0.213 e. The minimum absolute atomic E-state index is 0.454. The number of pyridine rings is 1. The van der Waals surface area contributed by atoms with Crippen molar-refractivity contribution >= 4 is 5.96 Å². The van der Waals surface area contributed by atoms with E-state index in [0.29, 0.717) is 31.7 Å². The maximum atomic E-state index is 5.67. The van der Waals surface area contributed by atoms with E-state index in [2.05, 4.69) is 25.5 Å². The predicted molar refractivity (Wildman–Crippen MR) is 127 cm³/mol. The van der Waals surface area contributed by atoms with Gasteiger partial charge in [0.1, 0.15) is 19.0 Å². The highest BCUT2D eigenvalue weighted by Crippen LogP contribution is 2.26. The van der Waals surface area contributed by atoms with Crippen molar-refractivity contribution in [3.05, 3.63) is 54.2 Å². The third-order valence-corrected chi connectivity index (χ3v) is 6.23. The van der Waals surface area contributed by atoms with Gasteiger partial charge in [-0.3, -0.25) is 9.89 Å². The fourth-order valence-corrected chi connectivity index (χ4v) is 4.50. The molecule has 1 aromatic carbocycles. The maximum absolute atomic E-state index is 5.67. The quantitative estimate of drug-likeness (QED) is 0.357. The molecule has 1 atom stereocenters. The van der Waals surface area contributed by atoms with E-state index < -0.39 is 0 Å². The Morgan fingerprint density at radius 2 is 1.88 bits per heavy atom.